The number of unbranched alkanes of at least 4 members (excludes halogenated alkanes) is 6. The zero-order valence-corrected chi connectivity index (χ0v) is 41.1. The third kappa shape index (κ3) is 49.5. The summed E-state index contributed by atoms with van der Waals surface area (Å²) < 4.78 is 34.6. The van der Waals surface area contributed by atoms with Gasteiger partial charge >= 0.3 is 5.97 Å². The van der Waals surface area contributed by atoms with Gasteiger partial charge in [0.25, 0.3) is 7.82 Å². The molecule has 2 atom stereocenters. The first-order valence-electron chi connectivity index (χ1n) is 23.9. The molecule has 0 bridgehead atoms. The molecule has 63 heavy (non-hydrogen) atoms. The molecule has 0 radical (unpaired) electrons. The third-order valence-electron chi connectivity index (χ3n) is 9.20. The molecular weight excluding hydrogens is 806 g/mol. The Morgan fingerprint density at radius 1 is 0.492 bits per heavy atom. The lowest BCUT2D eigenvalue weighted by atomic mass is 10.1. The molecule has 356 valence electrons. The minimum absolute atomic E-state index is 0.00227. The fraction of sp³-hybridized carbons (Fsp3) is 0.574. The highest BCUT2D eigenvalue weighted by atomic mass is 31.2. The summed E-state index contributed by atoms with van der Waals surface area (Å²) in [6.07, 6.45) is 66.2. The van der Waals surface area contributed by atoms with E-state index >= 15 is 0 Å². The minimum Gasteiger partial charge on any atom is -0.756 e. The van der Waals surface area contributed by atoms with Gasteiger partial charge in [-0.25, -0.2) is 0 Å². The largest absolute Gasteiger partial charge is 0.756 e. The number of likely N-dealkylation sites (N-methyl/N-ethyl adjacent to an activating group) is 1. The van der Waals surface area contributed by atoms with Crippen molar-refractivity contribution in [2.24, 2.45) is 0 Å². The predicted octanol–water partition coefficient (Wildman–Crippen LogP) is 14.1. The van der Waals surface area contributed by atoms with E-state index in [1.807, 2.05) is 21.1 Å². The number of hydrogen-bond acceptors (Lipinski definition) is 7. The van der Waals surface area contributed by atoms with Gasteiger partial charge in [0.2, 0.25) is 0 Å². The molecule has 0 fully saturated rings. The number of carbonyl (C=O) groups is 1. The van der Waals surface area contributed by atoms with E-state index in [-0.39, 0.29) is 26.2 Å². The molecule has 0 saturated carbocycles. The van der Waals surface area contributed by atoms with Crippen LogP contribution < -0.4 is 4.89 Å². The van der Waals surface area contributed by atoms with Gasteiger partial charge in [0.1, 0.15) is 19.3 Å². The Morgan fingerprint density at radius 3 is 1.30 bits per heavy atom. The van der Waals surface area contributed by atoms with E-state index in [0.717, 1.165) is 116 Å². The Balaban J connectivity index is 4.39. The van der Waals surface area contributed by atoms with Crippen LogP contribution in [0.4, 0.5) is 0 Å². The molecule has 0 amide bonds. The van der Waals surface area contributed by atoms with Crippen molar-refractivity contribution in [1.29, 1.82) is 0 Å². The highest BCUT2D eigenvalue weighted by Crippen LogP contribution is 2.38. The van der Waals surface area contributed by atoms with Gasteiger partial charge in [0.05, 0.1) is 34.4 Å². The number of phosphoric acid groups is 1. The highest BCUT2D eigenvalue weighted by molar-refractivity contribution is 7.45. The van der Waals surface area contributed by atoms with Crippen LogP contribution in [-0.2, 0) is 27.9 Å². The quantitative estimate of drug-likeness (QED) is 0.0198. The maximum absolute atomic E-state index is 12.7. The summed E-state index contributed by atoms with van der Waals surface area (Å²) in [6, 6.07) is 0. The molecule has 2 unspecified atom stereocenters. The van der Waals surface area contributed by atoms with Crippen molar-refractivity contribution in [2.75, 3.05) is 54.1 Å². The smallest absolute Gasteiger partial charge is 0.306 e. The SMILES string of the molecule is CC/C=C\C/C=C\C/C=C\C/C=C\C/C=C\C/C=C\C/C=C\CCCC(=O)OC(COCCCCCCC/C=C\C/C=C\C/C=C\C/C=C\CC)COP(=O)([O-])OCC[N+](C)(C)C. The summed E-state index contributed by atoms with van der Waals surface area (Å²) in [7, 11) is 1.28. The van der Waals surface area contributed by atoms with Gasteiger partial charge in [0, 0.05) is 13.0 Å². The first kappa shape index (κ1) is 59.6. The number of nitrogens with zero attached hydrogens (tertiary/aromatic N) is 1. The van der Waals surface area contributed by atoms with Gasteiger partial charge in [-0.05, 0) is 103 Å². The molecule has 0 saturated heterocycles. The number of rotatable bonds is 42. The first-order chi connectivity index (χ1) is 30.6. The maximum Gasteiger partial charge on any atom is 0.306 e. The van der Waals surface area contributed by atoms with Gasteiger partial charge in [-0.2, -0.15) is 0 Å². The topological polar surface area (TPSA) is 94.1 Å². The van der Waals surface area contributed by atoms with Crippen molar-refractivity contribution < 1.29 is 37.3 Å². The number of quaternary nitrogens is 1. The summed E-state index contributed by atoms with van der Waals surface area (Å²) in [6.45, 7) is 5.01. The second-order valence-corrected chi connectivity index (χ2v) is 17.8. The van der Waals surface area contributed by atoms with Gasteiger partial charge < -0.3 is 27.9 Å². The molecule has 0 aliphatic heterocycles. The Kier molecular flexibility index (Phi) is 42.8. The highest BCUT2D eigenvalue weighted by Gasteiger charge is 2.20. The lowest BCUT2D eigenvalue weighted by Gasteiger charge is -2.28. The molecule has 0 aliphatic carbocycles. The number of hydrogen-bond donors (Lipinski definition) is 0. The molecule has 0 heterocycles. The van der Waals surface area contributed by atoms with E-state index in [1.54, 1.807) is 0 Å². The maximum atomic E-state index is 12.7. The normalized spacial score (nSPS) is 14.8. The first-order valence-corrected chi connectivity index (χ1v) is 25.4. The summed E-state index contributed by atoms with van der Waals surface area (Å²) in [5.74, 6) is -0.405. The number of esters is 1. The minimum atomic E-state index is -4.56. The van der Waals surface area contributed by atoms with Crippen LogP contribution in [0.2, 0.25) is 0 Å². The van der Waals surface area contributed by atoms with Crippen LogP contribution in [0.5, 0.6) is 0 Å². The van der Waals surface area contributed by atoms with Crippen LogP contribution in [0.1, 0.15) is 142 Å². The lowest BCUT2D eigenvalue weighted by Crippen LogP contribution is -2.37. The van der Waals surface area contributed by atoms with E-state index in [0.29, 0.717) is 24.1 Å². The molecule has 0 aliphatic rings. The van der Waals surface area contributed by atoms with E-state index < -0.39 is 19.9 Å². The second-order valence-electron chi connectivity index (χ2n) is 16.3. The standard InChI is InChI=1S/C54H88NO7P/c1-6-8-10-12-14-16-18-20-22-24-26-27-28-29-30-31-33-35-37-39-41-43-45-47-54(56)62-53(52-61-63(57,58)60-50-48-55(3,4)5)51-59-49-46-44-42-40-38-36-34-32-25-23-21-19-17-15-13-11-9-7-2/h8-11,14-17,20-23,26-27,29-30,32-35,39,41,53H,6-7,12-13,18-19,24-25,28,31,36-38,40,42-52H2,1-5H3/b10-8-,11-9-,16-14-,17-15-,22-20-,23-21-,27-26-,30-29-,34-32-,35-33-,41-39-. The van der Waals surface area contributed by atoms with Crippen LogP contribution in [0.15, 0.2) is 134 Å². The zero-order valence-electron chi connectivity index (χ0n) is 40.2. The Hall–Kier alpha value is -3.36. The Morgan fingerprint density at radius 2 is 0.873 bits per heavy atom. The monoisotopic (exact) mass is 894 g/mol. The predicted molar refractivity (Wildman–Crippen MR) is 267 cm³/mol. The Bertz CT molecular complexity index is 1460. The lowest BCUT2D eigenvalue weighted by molar-refractivity contribution is -0.870. The molecule has 0 aromatic heterocycles. The molecule has 0 N–H and O–H groups in total. The third-order valence-corrected chi connectivity index (χ3v) is 10.2. The molecule has 0 aromatic rings. The van der Waals surface area contributed by atoms with Crippen molar-refractivity contribution in [3.8, 4) is 0 Å². The Labute approximate surface area is 385 Å². The van der Waals surface area contributed by atoms with Crippen molar-refractivity contribution in [2.45, 2.75) is 148 Å². The van der Waals surface area contributed by atoms with Gasteiger partial charge in [-0.1, -0.05) is 167 Å². The number of ether oxygens (including phenoxy) is 2. The van der Waals surface area contributed by atoms with E-state index in [9.17, 15) is 14.3 Å². The molecule has 0 spiro atoms. The van der Waals surface area contributed by atoms with Crippen LogP contribution in [0.25, 0.3) is 0 Å². The average Bonchev–Trinajstić information content (AvgIpc) is 3.24. The average molecular weight is 894 g/mol. The van der Waals surface area contributed by atoms with Gasteiger partial charge in [0.15, 0.2) is 0 Å². The number of phosphoric ester groups is 1. The van der Waals surface area contributed by atoms with Crippen LogP contribution >= 0.6 is 7.82 Å². The number of allylic oxidation sites excluding steroid dienone is 22. The van der Waals surface area contributed by atoms with Crippen LogP contribution in [0, 0.1) is 0 Å². The van der Waals surface area contributed by atoms with Crippen LogP contribution in [0.3, 0.4) is 0 Å². The molecule has 0 aromatic carbocycles. The van der Waals surface area contributed by atoms with Gasteiger partial charge in [-0.15, -0.1) is 0 Å². The van der Waals surface area contributed by atoms with Gasteiger partial charge in [-0.3, -0.25) is 9.36 Å². The van der Waals surface area contributed by atoms with E-state index in [2.05, 4.69) is 148 Å². The molecule has 8 nitrogen and oxygen atoms in total. The van der Waals surface area contributed by atoms with Crippen LogP contribution in [-0.4, -0.2) is 70.7 Å². The fourth-order valence-corrected chi connectivity index (χ4v) is 6.31. The molecule has 0 rings (SSSR count). The van der Waals surface area contributed by atoms with E-state index in [1.165, 1.54) is 0 Å². The zero-order chi connectivity index (χ0) is 46.2. The number of carbonyl (C=O) groups excluding carboxylic acids is 1. The summed E-state index contributed by atoms with van der Waals surface area (Å²) in [4.78, 5) is 25.1. The van der Waals surface area contributed by atoms with Crippen molar-refractivity contribution in [3.05, 3.63) is 134 Å². The van der Waals surface area contributed by atoms with Crippen molar-refractivity contribution in [1.82, 2.24) is 0 Å². The molecular formula is C54H88NO7P. The van der Waals surface area contributed by atoms with E-state index in [4.69, 9.17) is 18.5 Å². The summed E-state index contributed by atoms with van der Waals surface area (Å²) in [5.41, 5.74) is 0. The van der Waals surface area contributed by atoms with Crippen molar-refractivity contribution in [3.63, 3.8) is 0 Å². The van der Waals surface area contributed by atoms with Crippen molar-refractivity contribution >= 4 is 13.8 Å². The second kappa shape index (κ2) is 45.2. The summed E-state index contributed by atoms with van der Waals surface area (Å²) >= 11 is 0. The summed E-state index contributed by atoms with van der Waals surface area (Å²) in [5, 5.41) is 0. The fourth-order valence-electron chi connectivity index (χ4n) is 5.58. The molecule has 9 heteroatoms.